The summed E-state index contributed by atoms with van der Waals surface area (Å²) in [5, 5.41) is 9.25. The third-order valence-corrected chi connectivity index (χ3v) is 4.65. The number of benzene rings is 1. The van der Waals surface area contributed by atoms with Crippen LogP contribution in [-0.2, 0) is 13.6 Å². The van der Waals surface area contributed by atoms with Crippen LogP contribution in [0.25, 0.3) is 22.4 Å². The van der Waals surface area contributed by atoms with Gasteiger partial charge in [0, 0.05) is 42.8 Å². The van der Waals surface area contributed by atoms with Gasteiger partial charge < -0.3 is 14.6 Å². The molecule has 5 nitrogen and oxygen atoms in total. The van der Waals surface area contributed by atoms with Gasteiger partial charge in [-0.15, -0.1) is 0 Å². The van der Waals surface area contributed by atoms with Gasteiger partial charge in [-0.3, -0.25) is 4.68 Å². The van der Waals surface area contributed by atoms with E-state index in [4.69, 9.17) is 4.42 Å². The number of rotatable bonds is 6. The summed E-state index contributed by atoms with van der Waals surface area (Å²) in [6.45, 7) is 6.11. The number of hydrogen-bond donors (Lipinski definition) is 1. The van der Waals surface area contributed by atoms with Crippen LogP contribution in [-0.4, -0.2) is 40.9 Å². The van der Waals surface area contributed by atoms with E-state index in [2.05, 4.69) is 61.6 Å². The highest BCUT2D eigenvalue weighted by atomic mass is 16.3. The lowest BCUT2D eigenvalue weighted by molar-refractivity contribution is 0.190. The van der Waals surface area contributed by atoms with Crippen molar-refractivity contribution in [2.45, 2.75) is 25.9 Å². The van der Waals surface area contributed by atoms with Crippen molar-refractivity contribution in [2.24, 2.45) is 7.05 Å². The number of nitrogens with one attached hydrogen (secondary N) is 1. The van der Waals surface area contributed by atoms with Crippen molar-refractivity contribution in [1.29, 1.82) is 0 Å². The molecule has 0 unspecified atom stereocenters. The Morgan fingerprint density at radius 2 is 2.00 bits per heavy atom. The maximum atomic E-state index is 5.98. The molecule has 2 aromatic heterocycles. The van der Waals surface area contributed by atoms with Gasteiger partial charge in [-0.05, 0) is 40.1 Å². The summed E-state index contributed by atoms with van der Waals surface area (Å²) in [5.41, 5.74) is 3.04. The average Bonchev–Trinajstić information content (AvgIpc) is 3.10. The lowest BCUT2D eigenvalue weighted by atomic mass is 10.0. The Bertz CT molecular complexity index is 796. The van der Waals surface area contributed by atoms with Crippen molar-refractivity contribution < 1.29 is 4.42 Å². The number of nitrogens with zero attached hydrogens (tertiary/aromatic N) is 3. The van der Waals surface area contributed by atoms with Crippen LogP contribution in [0.1, 0.15) is 19.4 Å². The van der Waals surface area contributed by atoms with E-state index >= 15 is 0 Å². The fraction of sp³-hybridized carbons (Fsp3) is 0.421. The minimum atomic E-state index is 0.0989. The van der Waals surface area contributed by atoms with Gasteiger partial charge in [0.05, 0.1) is 0 Å². The summed E-state index contributed by atoms with van der Waals surface area (Å²) in [6.07, 6.45) is 2.05. The Kier molecular flexibility index (Phi) is 4.47. The van der Waals surface area contributed by atoms with E-state index < -0.39 is 0 Å². The number of aromatic nitrogens is 2. The summed E-state index contributed by atoms with van der Waals surface area (Å²) in [6, 6.07) is 10.1. The summed E-state index contributed by atoms with van der Waals surface area (Å²) in [4.78, 5) is 2.23. The molecular weight excluding hydrogens is 300 g/mol. The lowest BCUT2D eigenvalue weighted by Gasteiger charge is -2.32. The van der Waals surface area contributed by atoms with Crippen LogP contribution >= 0.6 is 0 Å². The van der Waals surface area contributed by atoms with Gasteiger partial charge in [-0.1, -0.05) is 18.2 Å². The molecule has 0 amide bonds. The highest BCUT2D eigenvalue weighted by Crippen LogP contribution is 2.29. The van der Waals surface area contributed by atoms with Crippen LogP contribution < -0.4 is 5.32 Å². The molecule has 24 heavy (non-hydrogen) atoms. The number of furan rings is 1. The standard InChI is InChI=1S/C19H26N4O/c1-19(2,22(3)4)13-20-11-15-12-23(5)21-18(15)17-10-14-8-6-7-9-16(14)24-17/h6-10,12,20H,11,13H2,1-5H3. The van der Waals surface area contributed by atoms with Crippen molar-refractivity contribution in [1.82, 2.24) is 20.0 Å². The van der Waals surface area contributed by atoms with Crippen LogP contribution in [0.5, 0.6) is 0 Å². The van der Waals surface area contributed by atoms with Crippen LogP contribution in [0.4, 0.5) is 0 Å². The van der Waals surface area contributed by atoms with Crippen molar-refractivity contribution in [3.05, 3.63) is 42.1 Å². The van der Waals surface area contributed by atoms with Crippen LogP contribution in [0.2, 0.25) is 0 Å². The second-order valence-electron chi connectivity index (χ2n) is 7.14. The topological polar surface area (TPSA) is 46.2 Å². The molecule has 0 spiro atoms. The summed E-state index contributed by atoms with van der Waals surface area (Å²) in [7, 11) is 6.15. The first-order valence-corrected chi connectivity index (χ1v) is 8.26. The van der Waals surface area contributed by atoms with Gasteiger partial charge in [0.2, 0.25) is 0 Å². The Hall–Kier alpha value is -2.11. The molecule has 2 heterocycles. The van der Waals surface area contributed by atoms with E-state index in [0.717, 1.165) is 41.1 Å². The Labute approximate surface area is 143 Å². The highest BCUT2D eigenvalue weighted by Gasteiger charge is 2.20. The summed E-state index contributed by atoms with van der Waals surface area (Å²) in [5.74, 6) is 0.820. The predicted molar refractivity (Wildman–Crippen MR) is 97.9 cm³/mol. The molecule has 0 aliphatic carbocycles. The van der Waals surface area contributed by atoms with Gasteiger partial charge >= 0.3 is 0 Å². The maximum absolute atomic E-state index is 5.98. The minimum Gasteiger partial charge on any atom is -0.454 e. The minimum absolute atomic E-state index is 0.0989. The molecule has 0 bridgehead atoms. The molecule has 0 saturated heterocycles. The average molecular weight is 326 g/mol. The van der Waals surface area contributed by atoms with Crippen LogP contribution in [0, 0.1) is 0 Å². The van der Waals surface area contributed by atoms with Crippen molar-refractivity contribution in [3.8, 4) is 11.5 Å². The Morgan fingerprint density at radius 1 is 1.25 bits per heavy atom. The van der Waals surface area contributed by atoms with Gasteiger partial charge in [0.1, 0.15) is 11.3 Å². The summed E-state index contributed by atoms with van der Waals surface area (Å²) >= 11 is 0. The van der Waals surface area contributed by atoms with Gasteiger partial charge in [-0.25, -0.2) is 0 Å². The maximum Gasteiger partial charge on any atom is 0.156 e. The molecule has 0 aliphatic heterocycles. The molecule has 0 fully saturated rings. The predicted octanol–water partition coefficient (Wildman–Crippen LogP) is 3.26. The first-order chi connectivity index (χ1) is 11.4. The van der Waals surface area contributed by atoms with E-state index in [-0.39, 0.29) is 5.54 Å². The zero-order valence-corrected chi connectivity index (χ0v) is 15.1. The van der Waals surface area contributed by atoms with Gasteiger partial charge in [0.25, 0.3) is 0 Å². The molecule has 128 valence electrons. The van der Waals surface area contributed by atoms with Gasteiger partial charge in [-0.2, -0.15) is 5.10 Å². The Morgan fingerprint density at radius 3 is 2.71 bits per heavy atom. The van der Waals surface area contributed by atoms with Crippen LogP contribution in [0.3, 0.4) is 0 Å². The molecule has 5 heteroatoms. The zero-order chi connectivity index (χ0) is 17.3. The fourth-order valence-electron chi connectivity index (χ4n) is 2.63. The normalized spacial score (nSPS) is 12.4. The molecule has 1 aromatic carbocycles. The van der Waals surface area contributed by atoms with E-state index in [1.165, 1.54) is 0 Å². The Balaban J connectivity index is 1.80. The van der Waals surface area contributed by atoms with E-state index in [9.17, 15) is 0 Å². The molecule has 0 aliphatic rings. The first kappa shape index (κ1) is 16.7. The number of hydrogen-bond acceptors (Lipinski definition) is 4. The van der Waals surface area contributed by atoms with Crippen molar-refractivity contribution in [3.63, 3.8) is 0 Å². The van der Waals surface area contributed by atoms with Crippen molar-refractivity contribution in [2.75, 3.05) is 20.6 Å². The third-order valence-electron chi connectivity index (χ3n) is 4.65. The van der Waals surface area contributed by atoms with E-state index in [1.54, 1.807) is 0 Å². The first-order valence-electron chi connectivity index (χ1n) is 8.26. The summed E-state index contributed by atoms with van der Waals surface area (Å²) < 4.78 is 7.83. The monoisotopic (exact) mass is 326 g/mol. The molecule has 3 aromatic rings. The van der Waals surface area contributed by atoms with Crippen LogP contribution in [0.15, 0.2) is 40.9 Å². The second-order valence-corrected chi connectivity index (χ2v) is 7.14. The van der Waals surface area contributed by atoms with E-state index in [1.807, 2.05) is 29.9 Å². The zero-order valence-electron chi connectivity index (χ0n) is 15.1. The molecule has 0 saturated carbocycles. The quantitative estimate of drug-likeness (QED) is 0.755. The lowest BCUT2D eigenvalue weighted by Crippen LogP contribution is -2.46. The number of para-hydroxylation sites is 1. The molecule has 3 rings (SSSR count). The largest absolute Gasteiger partial charge is 0.454 e. The van der Waals surface area contributed by atoms with E-state index in [0.29, 0.717) is 0 Å². The molecule has 0 atom stereocenters. The molecule has 1 N–H and O–H groups in total. The van der Waals surface area contributed by atoms with Gasteiger partial charge in [0.15, 0.2) is 5.76 Å². The highest BCUT2D eigenvalue weighted by molar-refractivity contribution is 5.82. The van der Waals surface area contributed by atoms with Crippen molar-refractivity contribution >= 4 is 11.0 Å². The second kappa shape index (κ2) is 6.42. The SMILES string of the molecule is CN(C)C(C)(C)CNCc1cn(C)nc1-c1cc2ccccc2o1. The fourth-order valence-corrected chi connectivity index (χ4v) is 2.63. The molecular formula is C19H26N4O. The molecule has 0 radical (unpaired) electrons. The smallest absolute Gasteiger partial charge is 0.156 e. The number of fused-ring (bicyclic) bond motifs is 1. The number of likely N-dealkylation sites (N-methyl/N-ethyl adjacent to an activating group) is 1. The third kappa shape index (κ3) is 3.37. The number of aryl methyl sites for hydroxylation is 1.